The van der Waals surface area contributed by atoms with Crippen LogP contribution in [0.15, 0.2) is 12.1 Å². The minimum absolute atomic E-state index is 0. The Morgan fingerprint density at radius 3 is 1.47 bits per heavy atom. The monoisotopic (exact) mass is 344 g/mol. The van der Waals surface area contributed by atoms with E-state index in [4.69, 9.17) is 5.11 Å². The fraction of sp³-hybridized carbons (Fsp3) is 0.500. The van der Waals surface area contributed by atoms with E-state index < -0.39 is 31.5 Å². The standard InChI is InChI=1S/C6H3F3O.C6H16OSi.Zn/c7-3-1-4(8)6(10)5(9)2-3;1-4-8(7,5-2)6-3;/h1-2,10H;7H,4-6H2,1-3H3;. The van der Waals surface area contributed by atoms with Crippen LogP contribution < -0.4 is 0 Å². The van der Waals surface area contributed by atoms with E-state index in [9.17, 15) is 18.0 Å². The first-order chi connectivity index (χ1) is 8.29. The van der Waals surface area contributed by atoms with Crippen molar-refractivity contribution in [1.29, 1.82) is 0 Å². The quantitative estimate of drug-likeness (QED) is 0.818. The van der Waals surface area contributed by atoms with Gasteiger partial charge in [0, 0.05) is 31.6 Å². The van der Waals surface area contributed by atoms with Gasteiger partial charge in [-0.25, -0.2) is 13.2 Å². The predicted molar refractivity (Wildman–Crippen MR) is 67.4 cm³/mol. The Labute approximate surface area is 125 Å². The molecule has 0 heterocycles. The van der Waals surface area contributed by atoms with Gasteiger partial charge in [0.15, 0.2) is 25.7 Å². The summed E-state index contributed by atoms with van der Waals surface area (Å²) >= 11 is 0. The number of hydrogen-bond donors (Lipinski definition) is 2. The Bertz CT molecular complexity index is 356. The first kappa shape index (κ1) is 20.9. The molecule has 0 saturated heterocycles. The first-order valence-corrected chi connectivity index (χ1v) is 8.42. The summed E-state index contributed by atoms with van der Waals surface area (Å²) in [5.41, 5.74) is 0. The minimum Gasteiger partial charge on any atom is -0.503 e. The molecule has 0 atom stereocenters. The molecule has 2 nitrogen and oxygen atoms in total. The molecule has 19 heavy (non-hydrogen) atoms. The Hall–Kier alpha value is -0.390. The van der Waals surface area contributed by atoms with Crippen LogP contribution in [0.3, 0.4) is 0 Å². The zero-order valence-corrected chi connectivity index (χ0v) is 15.5. The predicted octanol–water partition coefficient (Wildman–Crippen LogP) is 3.79. The van der Waals surface area contributed by atoms with E-state index in [1.54, 1.807) is 0 Å². The number of halogens is 3. The maximum Gasteiger partial charge on any atom is 0.187 e. The summed E-state index contributed by atoms with van der Waals surface area (Å²) in [6, 6.07) is 3.84. The van der Waals surface area contributed by atoms with Gasteiger partial charge in [0.2, 0.25) is 0 Å². The second-order valence-corrected chi connectivity index (χ2v) is 8.57. The average Bonchev–Trinajstić information content (AvgIpc) is 2.35. The van der Waals surface area contributed by atoms with E-state index in [2.05, 4.69) is 20.8 Å². The molecule has 0 bridgehead atoms. The molecule has 0 aliphatic heterocycles. The second-order valence-electron chi connectivity index (χ2n) is 4.00. The molecule has 106 valence electrons. The van der Waals surface area contributed by atoms with Gasteiger partial charge >= 0.3 is 0 Å². The van der Waals surface area contributed by atoms with E-state index in [-0.39, 0.29) is 19.5 Å². The molecule has 1 aromatic carbocycles. The normalized spacial score (nSPS) is 10.3. The third-order valence-corrected chi connectivity index (χ3v) is 6.90. The van der Waals surface area contributed by atoms with Crippen molar-refractivity contribution in [2.75, 3.05) is 0 Å². The third-order valence-electron chi connectivity index (χ3n) is 2.96. The molecule has 0 amide bonds. The van der Waals surface area contributed by atoms with Gasteiger partial charge in [-0.15, -0.1) is 0 Å². The van der Waals surface area contributed by atoms with Gasteiger partial charge < -0.3 is 9.90 Å². The van der Waals surface area contributed by atoms with E-state index in [0.29, 0.717) is 12.1 Å². The van der Waals surface area contributed by atoms with Gasteiger partial charge in [0.1, 0.15) is 5.82 Å². The van der Waals surface area contributed by atoms with Crippen molar-refractivity contribution in [1.82, 2.24) is 0 Å². The van der Waals surface area contributed by atoms with Crippen molar-refractivity contribution < 1.29 is 42.6 Å². The first-order valence-electron chi connectivity index (χ1n) is 5.85. The number of hydrogen-bond acceptors (Lipinski definition) is 2. The molecule has 0 aliphatic rings. The molecule has 0 radical (unpaired) electrons. The second kappa shape index (κ2) is 9.50. The summed E-state index contributed by atoms with van der Waals surface area (Å²) in [6.45, 7) is 6.25. The van der Waals surface area contributed by atoms with Crippen molar-refractivity contribution in [3.05, 3.63) is 29.6 Å². The number of rotatable bonds is 3. The van der Waals surface area contributed by atoms with Crippen LogP contribution in [-0.4, -0.2) is 18.2 Å². The van der Waals surface area contributed by atoms with Crippen LogP contribution in [0.1, 0.15) is 20.8 Å². The van der Waals surface area contributed by atoms with Gasteiger partial charge in [0.25, 0.3) is 0 Å². The molecule has 0 saturated carbocycles. The van der Waals surface area contributed by atoms with Crippen LogP contribution in [0.5, 0.6) is 5.75 Å². The number of aromatic hydroxyl groups is 1. The summed E-state index contributed by atoms with van der Waals surface area (Å²) in [6.07, 6.45) is 0. The number of benzene rings is 1. The van der Waals surface area contributed by atoms with Gasteiger partial charge in [-0.05, 0) is 18.1 Å². The molecule has 1 rings (SSSR count). The van der Waals surface area contributed by atoms with Gasteiger partial charge in [0.05, 0.1) is 0 Å². The van der Waals surface area contributed by atoms with Crippen LogP contribution in [0.2, 0.25) is 18.1 Å². The smallest absolute Gasteiger partial charge is 0.187 e. The van der Waals surface area contributed by atoms with Crippen molar-refractivity contribution >= 4 is 8.32 Å². The molecule has 0 aromatic heterocycles. The zero-order valence-electron chi connectivity index (χ0n) is 11.5. The van der Waals surface area contributed by atoms with Crippen LogP contribution in [0.4, 0.5) is 13.2 Å². The topological polar surface area (TPSA) is 40.5 Å². The van der Waals surface area contributed by atoms with Crippen molar-refractivity contribution in [2.24, 2.45) is 0 Å². The molecule has 0 unspecified atom stereocenters. The Kier molecular flexibility index (Phi) is 10.5. The summed E-state index contributed by atoms with van der Waals surface area (Å²) in [7, 11) is -1.67. The van der Waals surface area contributed by atoms with E-state index >= 15 is 0 Å². The molecular weight excluding hydrogens is 327 g/mol. The summed E-state index contributed by atoms with van der Waals surface area (Å²) < 4.78 is 36.2. The van der Waals surface area contributed by atoms with Crippen molar-refractivity contribution in [3.63, 3.8) is 0 Å². The van der Waals surface area contributed by atoms with E-state index in [1.165, 1.54) is 0 Å². The molecule has 0 spiro atoms. The minimum atomic E-state index is -1.67. The zero-order chi connectivity index (χ0) is 14.3. The van der Waals surface area contributed by atoms with Crippen molar-refractivity contribution in [3.8, 4) is 5.75 Å². The van der Waals surface area contributed by atoms with Crippen LogP contribution >= 0.6 is 0 Å². The molecule has 7 heteroatoms. The van der Waals surface area contributed by atoms with Gasteiger partial charge in [-0.1, -0.05) is 20.8 Å². The Morgan fingerprint density at radius 1 is 0.947 bits per heavy atom. The molecular formula is C12H19F3O2SiZn. The number of phenolic OH excluding ortho intramolecular Hbond substituents is 1. The fourth-order valence-electron chi connectivity index (χ4n) is 1.28. The van der Waals surface area contributed by atoms with Crippen LogP contribution in [-0.2, 0) is 19.5 Å². The van der Waals surface area contributed by atoms with Gasteiger partial charge in [-0.3, -0.25) is 0 Å². The Balaban J connectivity index is 0. The molecule has 1 aromatic rings. The maximum atomic E-state index is 12.1. The Morgan fingerprint density at radius 2 is 1.26 bits per heavy atom. The largest absolute Gasteiger partial charge is 0.503 e. The molecule has 0 aliphatic carbocycles. The van der Waals surface area contributed by atoms with Crippen LogP contribution in [0.25, 0.3) is 0 Å². The average molecular weight is 346 g/mol. The molecule has 2 N–H and O–H groups in total. The third kappa shape index (κ3) is 7.09. The SMILES string of the molecule is CC[Si](O)(CC)CC.Oc1c(F)cc(F)cc1F.[Zn]. The van der Waals surface area contributed by atoms with Gasteiger partial charge in [-0.2, -0.15) is 0 Å². The fourth-order valence-corrected chi connectivity index (χ4v) is 2.78. The summed E-state index contributed by atoms with van der Waals surface area (Å²) in [5, 5.41) is 8.41. The molecule has 0 fully saturated rings. The number of phenols is 1. The summed E-state index contributed by atoms with van der Waals surface area (Å²) in [4.78, 5) is 9.58. The summed E-state index contributed by atoms with van der Waals surface area (Å²) in [5.74, 6) is -4.79. The van der Waals surface area contributed by atoms with Crippen LogP contribution in [0, 0.1) is 17.5 Å². The van der Waals surface area contributed by atoms with E-state index in [1.807, 2.05) is 0 Å². The maximum absolute atomic E-state index is 12.1. The van der Waals surface area contributed by atoms with Crippen molar-refractivity contribution in [2.45, 2.75) is 38.9 Å². The van der Waals surface area contributed by atoms with E-state index in [0.717, 1.165) is 18.1 Å².